The van der Waals surface area contributed by atoms with Crippen molar-refractivity contribution in [2.45, 2.75) is 12.8 Å². The first-order valence-corrected chi connectivity index (χ1v) is 7.99. The Balaban J connectivity index is 1.82. The van der Waals surface area contributed by atoms with Gasteiger partial charge in [-0.1, -0.05) is 18.2 Å². The molecule has 0 fully saturated rings. The molecule has 3 aromatic carbocycles. The number of hydrogen-bond acceptors (Lipinski definition) is 2. The summed E-state index contributed by atoms with van der Waals surface area (Å²) >= 11 is 0. The topological polar surface area (TPSA) is 26.3 Å². The number of allylic oxidation sites excluding steroid dienone is 1. The van der Waals surface area contributed by atoms with Crippen LogP contribution < -0.4 is 4.74 Å². The van der Waals surface area contributed by atoms with Crippen LogP contribution in [-0.2, 0) is 6.42 Å². The zero-order chi connectivity index (χ0) is 18.7. The molecule has 0 unspecified atom stereocenters. The van der Waals surface area contributed by atoms with Crippen LogP contribution in [0.5, 0.6) is 5.75 Å². The van der Waals surface area contributed by atoms with E-state index < -0.39 is 23.4 Å². The summed E-state index contributed by atoms with van der Waals surface area (Å²) in [6.45, 7) is 3.61. The van der Waals surface area contributed by atoms with Crippen molar-refractivity contribution in [1.82, 2.24) is 0 Å². The van der Waals surface area contributed by atoms with E-state index in [1.54, 1.807) is 12.1 Å². The summed E-state index contributed by atoms with van der Waals surface area (Å²) in [6, 6.07) is 10.7. The zero-order valence-electron chi connectivity index (χ0n) is 13.8. The average molecular weight is 356 g/mol. The maximum Gasteiger partial charge on any atom is 0.346 e. The maximum atomic E-state index is 14.2. The Morgan fingerprint density at radius 2 is 1.81 bits per heavy atom. The van der Waals surface area contributed by atoms with Crippen molar-refractivity contribution < 1.29 is 22.7 Å². The Morgan fingerprint density at radius 1 is 1.00 bits per heavy atom. The van der Waals surface area contributed by atoms with Crippen LogP contribution in [0.2, 0.25) is 0 Å². The summed E-state index contributed by atoms with van der Waals surface area (Å²) in [6.07, 6.45) is 3.06. The number of hydrogen-bond donors (Lipinski definition) is 0. The molecule has 0 radical (unpaired) electrons. The van der Waals surface area contributed by atoms with Gasteiger partial charge in [0.2, 0.25) is 0 Å². The van der Waals surface area contributed by atoms with Crippen molar-refractivity contribution in [3.63, 3.8) is 0 Å². The van der Waals surface area contributed by atoms with E-state index in [1.165, 1.54) is 36.4 Å². The summed E-state index contributed by atoms with van der Waals surface area (Å²) in [5, 5.41) is 0.442. The summed E-state index contributed by atoms with van der Waals surface area (Å²) < 4.78 is 46.3. The number of benzene rings is 3. The molecule has 0 saturated heterocycles. The van der Waals surface area contributed by atoms with Crippen molar-refractivity contribution in [3.05, 3.63) is 89.8 Å². The van der Waals surface area contributed by atoms with Gasteiger partial charge < -0.3 is 4.74 Å². The van der Waals surface area contributed by atoms with E-state index >= 15 is 0 Å². The van der Waals surface area contributed by atoms with Gasteiger partial charge in [-0.3, -0.25) is 0 Å². The minimum Gasteiger partial charge on any atom is -0.423 e. The minimum atomic E-state index is -0.971. The van der Waals surface area contributed by atoms with Crippen LogP contribution in [0.25, 0.3) is 10.8 Å². The molecule has 5 heteroatoms. The highest BCUT2D eigenvalue weighted by atomic mass is 19.2. The molecule has 0 bridgehead atoms. The van der Waals surface area contributed by atoms with E-state index in [1.807, 2.05) is 0 Å². The van der Waals surface area contributed by atoms with E-state index in [-0.39, 0.29) is 16.7 Å². The van der Waals surface area contributed by atoms with Crippen LogP contribution in [0.1, 0.15) is 22.3 Å². The number of ether oxygens (including phenoxy) is 1. The third-order valence-electron chi connectivity index (χ3n) is 3.98. The molecule has 2 nitrogen and oxygen atoms in total. The predicted octanol–water partition coefficient (Wildman–Crippen LogP) is 5.59. The largest absolute Gasteiger partial charge is 0.423 e. The molecule has 0 aliphatic heterocycles. The van der Waals surface area contributed by atoms with Gasteiger partial charge in [0, 0.05) is 5.39 Å². The monoisotopic (exact) mass is 356 g/mol. The SMILES string of the molecule is C=CCCc1ccc(C(=O)Oc2ccc3c(F)c(F)ccc3c2)c(F)c1. The fourth-order valence-electron chi connectivity index (χ4n) is 2.62. The Morgan fingerprint density at radius 3 is 2.54 bits per heavy atom. The first kappa shape index (κ1) is 17.7. The number of rotatable bonds is 5. The average Bonchev–Trinajstić information content (AvgIpc) is 2.63. The first-order chi connectivity index (χ1) is 12.5. The Bertz CT molecular complexity index is 996. The van der Waals surface area contributed by atoms with Crippen LogP contribution in [0.3, 0.4) is 0 Å². The standard InChI is InChI=1S/C21H15F3O2/c1-2-3-4-13-5-8-17(19(23)11-13)21(25)26-15-7-9-16-14(12-15)6-10-18(22)20(16)24/h2,5-12H,1,3-4H2. The fourth-order valence-corrected chi connectivity index (χ4v) is 2.62. The van der Waals surface area contributed by atoms with Crippen molar-refractivity contribution >= 4 is 16.7 Å². The van der Waals surface area contributed by atoms with Gasteiger partial charge in [0.05, 0.1) is 5.56 Å². The summed E-state index contributed by atoms with van der Waals surface area (Å²) in [5.41, 5.74) is 0.555. The molecular weight excluding hydrogens is 341 g/mol. The number of esters is 1. The highest BCUT2D eigenvalue weighted by Crippen LogP contribution is 2.25. The third kappa shape index (κ3) is 3.61. The molecule has 3 rings (SSSR count). The summed E-state index contributed by atoms with van der Waals surface area (Å²) in [5.74, 6) is -3.35. The molecule has 3 aromatic rings. The van der Waals surface area contributed by atoms with Crippen molar-refractivity contribution in [1.29, 1.82) is 0 Å². The zero-order valence-corrected chi connectivity index (χ0v) is 13.8. The van der Waals surface area contributed by atoms with Gasteiger partial charge in [-0.25, -0.2) is 18.0 Å². The van der Waals surface area contributed by atoms with E-state index in [4.69, 9.17) is 4.74 Å². The molecule has 0 aromatic heterocycles. The van der Waals surface area contributed by atoms with Crippen LogP contribution in [0, 0.1) is 17.5 Å². The van der Waals surface area contributed by atoms with Crippen LogP contribution in [0.15, 0.2) is 61.2 Å². The minimum absolute atomic E-state index is 0.0718. The number of carbonyl (C=O) groups excluding carboxylic acids is 1. The Hall–Kier alpha value is -3.08. The molecule has 0 aliphatic carbocycles. The normalized spacial score (nSPS) is 10.7. The fraction of sp³-hybridized carbons (Fsp3) is 0.0952. The second kappa shape index (κ2) is 7.44. The lowest BCUT2D eigenvalue weighted by atomic mass is 10.1. The van der Waals surface area contributed by atoms with E-state index in [0.29, 0.717) is 18.2 Å². The van der Waals surface area contributed by atoms with Crippen LogP contribution >= 0.6 is 0 Å². The lowest BCUT2D eigenvalue weighted by Crippen LogP contribution is -2.11. The summed E-state index contributed by atoms with van der Waals surface area (Å²) in [7, 11) is 0. The number of halogens is 3. The molecule has 0 spiro atoms. The highest BCUT2D eigenvalue weighted by molar-refractivity contribution is 5.92. The smallest absolute Gasteiger partial charge is 0.346 e. The highest BCUT2D eigenvalue weighted by Gasteiger charge is 2.15. The maximum absolute atomic E-state index is 14.2. The Labute approximate surface area is 148 Å². The molecular formula is C21H15F3O2. The van der Waals surface area contributed by atoms with Gasteiger partial charge in [0.15, 0.2) is 11.6 Å². The van der Waals surface area contributed by atoms with Gasteiger partial charge in [-0.15, -0.1) is 6.58 Å². The van der Waals surface area contributed by atoms with Crippen molar-refractivity contribution in [3.8, 4) is 5.75 Å². The molecule has 0 heterocycles. The number of aryl methyl sites for hydroxylation is 1. The van der Waals surface area contributed by atoms with Crippen LogP contribution in [-0.4, -0.2) is 5.97 Å². The molecule has 0 atom stereocenters. The number of fused-ring (bicyclic) bond motifs is 1. The second-order valence-corrected chi connectivity index (χ2v) is 5.78. The van der Waals surface area contributed by atoms with Gasteiger partial charge in [-0.2, -0.15) is 0 Å². The lowest BCUT2D eigenvalue weighted by molar-refractivity contribution is 0.0730. The van der Waals surface area contributed by atoms with Crippen LogP contribution in [0.4, 0.5) is 13.2 Å². The van der Waals surface area contributed by atoms with E-state index in [2.05, 4.69) is 6.58 Å². The molecule has 26 heavy (non-hydrogen) atoms. The second-order valence-electron chi connectivity index (χ2n) is 5.78. The van der Waals surface area contributed by atoms with E-state index in [0.717, 1.165) is 11.6 Å². The first-order valence-electron chi connectivity index (χ1n) is 7.99. The van der Waals surface area contributed by atoms with Crippen molar-refractivity contribution in [2.24, 2.45) is 0 Å². The van der Waals surface area contributed by atoms with E-state index in [9.17, 15) is 18.0 Å². The predicted molar refractivity (Wildman–Crippen MR) is 93.7 cm³/mol. The number of carbonyl (C=O) groups is 1. The summed E-state index contributed by atoms with van der Waals surface area (Å²) in [4.78, 5) is 12.2. The molecule has 0 aliphatic rings. The molecule has 0 N–H and O–H groups in total. The molecule has 0 saturated carbocycles. The Kier molecular flexibility index (Phi) is 5.07. The quantitative estimate of drug-likeness (QED) is 0.338. The molecule has 132 valence electrons. The van der Waals surface area contributed by atoms with Gasteiger partial charge >= 0.3 is 5.97 Å². The van der Waals surface area contributed by atoms with Gasteiger partial charge in [0.25, 0.3) is 0 Å². The van der Waals surface area contributed by atoms with Crippen molar-refractivity contribution in [2.75, 3.05) is 0 Å². The third-order valence-corrected chi connectivity index (χ3v) is 3.98. The van der Waals surface area contributed by atoms with Gasteiger partial charge in [0.1, 0.15) is 11.6 Å². The molecule has 0 amide bonds. The lowest BCUT2D eigenvalue weighted by Gasteiger charge is -2.08. The van der Waals surface area contributed by atoms with Gasteiger partial charge in [-0.05, 0) is 60.2 Å².